The van der Waals surface area contributed by atoms with Gasteiger partial charge >= 0.3 is 26.1 Å². The molecule has 0 amide bonds. The van der Waals surface area contributed by atoms with Gasteiger partial charge in [0, 0.05) is 42.7 Å². The number of hydrogen-bond acceptors (Lipinski definition) is 3. The van der Waals surface area contributed by atoms with Crippen molar-refractivity contribution in [2.75, 3.05) is 0 Å². The maximum atomic E-state index is 13.4. The number of rotatable bonds is 3. The Labute approximate surface area is 235 Å². The maximum absolute atomic E-state index is 13.4. The quantitative estimate of drug-likeness (QED) is 0.143. The average molecular weight is 710 g/mol. The number of aromatic carboxylic acids is 1. The Balaban J connectivity index is 0.000000209. The fourth-order valence-electron chi connectivity index (χ4n) is 2.99. The summed E-state index contributed by atoms with van der Waals surface area (Å²) in [5.41, 5.74) is 1.48. The van der Waals surface area contributed by atoms with Crippen molar-refractivity contribution < 1.29 is 52.1 Å². The topological polar surface area (TPSA) is 67.0 Å². The van der Waals surface area contributed by atoms with Crippen LogP contribution in [-0.2, 0) is 20.1 Å². The first-order valence-electron chi connectivity index (χ1n) is 10.9. The van der Waals surface area contributed by atoms with E-state index in [1.165, 1.54) is 16.8 Å². The maximum Gasteiger partial charge on any atom is 3.00 e. The number of carboxylic acid groups (broad SMARTS) is 1. The van der Waals surface area contributed by atoms with Gasteiger partial charge in [-0.25, -0.2) is 9.78 Å². The smallest absolute Gasteiger partial charge is 0.477 e. The first kappa shape index (κ1) is 30.8. The zero-order chi connectivity index (χ0) is 27.5. The van der Waals surface area contributed by atoms with E-state index in [9.17, 15) is 22.4 Å². The molecule has 5 rings (SSSR count). The van der Waals surface area contributed by atoms with E-state index >= 15 is 0 Å². The third-order valence-corrected chi connectivity index (χ3v) is 4.72. The minimum Gasteiger partial charge on any atom is -0.477 e. The average Bonchev–Trinajstić information content (AvgIpc) is 2.91. The van der Waals surface area contributed by atoms with E-state index in [0.29, 0.717) is 11.4 Å². The number of hydrogen-bond donors (Lipinski definition) is 1. The number of carbonyl (C=O) groups is 1. The molecule has 198 valence electrons. The second kappa shape index (κ2) is 15.1. The van der Waals surface area contributed by atoms with Crippen molar-refractivity contribution in [1.82, 2.24) is 9.97 Å². The van der Waals surface area contributed by atoms with E-state index < -0.39 is 29.2 Å². The third kappa shape index (κ3) is 9.14. The van der Waals surface area contributed by atoms with Crippen molar-refractivity contribution in [3.63, 3.8) is 0 Å². The van der Waals surface area contributed by atoms with E-state index in [0.717, 1.165) is 24.3 Å². The molecule has 0 aliphatic heterocycles. The molecule has 1 N–H and O–H groups in total. The summed E-state index contributed by atoms with van der Waals surface area (Å²) < 4.78 is 53.4. The van der Waals surface area contributed by atoms with Gasteiger partial charge in [-0.1, -0.05) is 48.0 Å². The van der Waals surface area contributed by atoms with Crippen molar-refractivity contribution in [3.8, 4) is 22.5 Å². The molecule has 3 aromatic heterocycles. The number of carboxylic acids is 1. The van der Waals surface area contributed by atoms with Gasteiger partial charge < -0.3 is 14.7 Å². The monoisotopic (exact) mass is 710 g/mol. The van der Waals surface area contributed by atoms with Gasteiger partial charge in [0.15, 0.2) is 0 Å². The summed E-state index contributed by atoms with van der Waals surface area (Å²) in [5.74, 6) is -3.55. The minimum absolute atomic E-state index is 0. The molecule has 0 saturated heterocycles. The summed E-state index contributed by atoms with van der Waals surface area (Å²) in [6.45, 7) is 0. The number of benzene rings is 2. The fourth-order valence-corrected chi connectivity index (χ4v) is 2.99. The zero-order valence-electron chi connectivity index (χ0n) is 20.0. The van der Waals surface area contributed by atoms with Crippen LogP contribution in [0.4, 0.5) is 17.6 Å². The Morgan fingerprint density at radius 2 is 1.36 bits per heavy atom. The molecule has 39 heavy (non-hydrogen) atoms. The molecule has 2 aromatic carbocycles. The first-order valence-corrected chi connectivity index (χ1v) is 10.9. The fraction of sp³-hybridized carbons (Fsp3) is 0. The van der Waals surface area contributed by atoms with Crippen molar-refractivity contribution in [2.24, 2.45) is 0 Å². The van der Waals surface area contributed by atoms with E-state index in [1.807, 2.05) is 0 Å². The summed E-state index contributed by atoms with van der Waals surface area (Å²) >= 11 is 0. The molecule has 0 radical (unpaired) electrons. The van der Waals surface area contributed by atoms with Gasteiger partial charge in [-0.3, -0.25) is 17.6 Å². The Hall–Kier alpha value is -4.40. The van der Waals surface area contributed by atoms with Crippen LogP contribution in [0.25, 0.3) is 22.5 Å². The van der Waals surface area contributed by atoms with Gasteiger partial charge in [0.05, 0.1) is 6.20 Å². The third-order valence-electron chi connectivity index (χ3n) is 4.72. The second-order valence-electron chi connectivity index (χ2n) is 7.37. The number of nitrogens with zero attached hydrogens (tertiary/aromatic N) is 3. The van der Waals surface area contributed by atoms with Crippen LogP contribution in [0.15, 0.2) is 97.5 Å². The molecular formula is C29H19F4IrN3O2+. The van der Waals surface area contributed by atoms with Crippen molar-refractivity contribution >= 4 is 5.97 Å². The van der Waals surface area contributed by atoms with Crippen molar-refractivity contribution in [1.29, 1.82) is 0 Å². The first-order chi connectivity index (χ1) is 18.3. The van der Waals surface area contributed by atoms with Crippen LogP contribution in [-0.4, -0.2) is 21.0 Å². The minimum atomic E-state index is -0.990. The summed E-state index contributed by atoms with van der Waals surface area (Å²) in [6.07, 6.45) is 4.68. The summed E-state index contributed by atoms with van der Waals surface area (Å²) in [5, 5.41) is 8.32. The molecule has 10 heteroatoms. The molecule has 0 aliphatic carbocycles. The van der Waals surface area contributed by atoms with E-state index in [1.54, 1.807) is 60.9 Å². The molecule has 0 bridgehead atoms. The Morgan fingerprint density at radius 3 is 1.82 bits per heavy atom. The standard InChI is InChI=1S/C12H8F2N.C11H6F2N.C6H5NO2.Ir/c1-15-7-3-2-4-12(15)10-6-5-9(13)8-11(10)14;12-8-4-5-9(10(13)7-8)11-3-1-2-6-14-11;8-6(9)5-3-1-2-4-7-5;/h2-5,7-8H,1H2;1-4,6-7H;1-4H,(H,8,9);/q2*-1;;+3. The Kier molecular flexibility index (Phi) is 11.9. The molecule has 0 saturated carbocycles. The van der Waals surface area contributed by atoms with Crippen LogP contribution in [0.1, 0.15) is 10.5 Å². The Morgan fingerprint density at radius 1 is 0.795 bits per heavy atom. The summed E-state index contributed by atoms with van der Waals surface area (Å²) in [6, 6.07) is 24.0. The molecule has 0 aliphatic rings. The predicted molar refractivity (Wildman–Crippen MR) is 131 cm³/mol. The summed E-state index contributed by atoms with van der Waals surface area (Å²) in [7, 11) is 3.70. The van der Waals surface area contributed by atoms with Crippen LogP contribution < -0.4 is 4.57 Å². The van der Waals surface area contributed by atoms with Crippen LogP contribution in [0, 0.1) is 42.4 Å². The van der Waals surface area contributed by atoms with Gasteiger partial charge in [-0.05, 0) is 35.5 Å². The SMILES string of the molecule is Fc1c[c-]c(-c2ccccn2)c(F)c1.O=C(O)c1ccccn1.[CH2-][n+]1ccccc1-c1[c-]cc(F)cc1F.[Ir+3]. The summed E-state index contributed by atoms with van der Waals surface area (Å²) in [4.78, 5) is 17.7. The predicted octanol–water partition coefficient (Wildman–Crippen LogP) is 5.96. The molecule has 3 heterocycles. The van der Waals surface area contributed by atoms with Gasteiger partial charge in [0.2, 0.25) is 0 Å². The number of halogens is 4. The normalized spacial score (nSPS) is 9.64. The largest absolute Gasteiger partial charge is 3.00 e. The van der Waals surface area contributed by atoms with Crippen LogP contribution in [0.3, 0.4) is 0 Å². The second-order valence-corrected chi connectivity index (χ2v) is 7.37. The van der Waals surface area contributed by atoms with Crippen LogP contribution in [0.5, 0.6) is 0 Å². The van der Waals surface area contributed by atoms with Gasteiger partial charge in [-0.15, -0.1) is 24.3 Å². The van der Waals surface area contributed by atoms with Crippen LogP contribution in [0.2, 0.25) is 0 Å². The molecule has 0 fully saturated rings. The molecule has 0 unspecified atom stereocenters. The van der Waals surface area contributed by atoms with E-state index in [-0.39, 0.29) is 36.9 Å². The molecule has 5 aromatic rings. The van der Waals surface area contributed by atoms with Crippen molar-refractivity contribution in [2.45, 2.75) is 0 Å². The zero-order valence-corrected chi connectivity index (χ0v) is 22.4. The van der Waals surface area contributed by atoms with E-state index in [4.69, 9.17) is 5.11 Å². The van der Waals surface area contributed by atoms with Gasteiger partial charge in [0.1, 0.15) is 11.4 Å². The molecule has 0 atom stereocenters. The number of pyridine rings is 3. The van der Waals surface area contributed by atoms with Crippen molar-refractivity contribution in [3.05, 3.63) is 146 Å². The van der Waals surface area contributed by atoms with E-state index in [2.05, 4.69) is 29.1 Å². The van der Waals surface area contributed by atoms with Crippen LogP contribution >= 0.6 is 0 Å². The molecular weight excluding hydrogens is 691 g/mol. The van der Waals surface area contributed by atoms with Gasteiger partial charge in [-0.2, -0.15) is 0 Å². The molecule has 5 nitrogen and oxygen atoms in total. The van der Waals surface area contributed by atoms with Gasteiger partial charge in [0.25, 0.3) is 0 Å². The number of aromatic nitrogens is 3. The molecule has 0 spiro atoms. The Bertz CT molecular complexity index is 1510.